The van der Waals surface area contributed by atoms with Gasteiger partial charge in [0.15, 0.2) is 0 Å². The minimum atomic E-state index is -3.52. The molecule has 4 heteroatoms. The van der Waals surface area contributed by atoms with Crippen molar-refractivity contribution in [2.24, 2.45) is 0 Å². The van der Waals surface area contributed by atoms with E-state index < -0.39 is 10.0 Å². The van der Waals surface area contributed by atoms with Crippen molar-refractivity contribution in [3.63, 3.8) is 0 Å². The molecule has 0 bridgehead atoms. The number of hydrogen-bond donors (Lipinski definition) is 0. The molecule has 0 saturated heterocycles. The van der Waals surface area contributed by atoms with E-state index in [1.54, 1.807) is 43.3 Å². The first-order valence-electron chi connectivity index (χ1n) is 5.89. The lowest BCUT2D eigenvalue weighted by Gasteiger charge is -2.20. The standard InChI is InChI=1S/C15H19NO2S/c1-5-11-16(12-13(3)4)19(17,18)15-9-7-14(6-2)8-10-15/h5-10H,1-3,11-12H2,4H3. The third-order valence-corrected chi connectivity index (χ3v) is 4.36. The summed E-state index contributed by atoms with van der Waals surface area (Å²) < 4.78 is 26.3. The second kappa shape index (κ2) is 6.50. The van der Waals surface area contributed by atoms with Gasteiger partial charge < -0.3 is 0 Å². The predicted molar refractivity (Wildman–Crippen MR) is 80.3 cm³/mol. The molecule has 0 heterocycles. The summed E-state index contributed by atoms with van der Waals surface area (Å²) in [6, 6.07) is 6.63. The van der Waals surface area contributed by atoms with E-state index in [1.807, 2.05) is 0 Å². The van der Waals surface area contributed by atoms with Gasteiger partial charge in [0, 0.05) is 13.1 Å². The largest absolute Gasteiger partial charge is 0.243 e. The highest BCUT2D eigenvalue weighted by Crippen LogP contribution is 2.17. The molecule has 0 saturated carbocycles. The van der Waals surface area contributed by atoms with Gasteiger partial charge in [-0.15, -0.1) is 6.58 Å². The molecule has 102 valence electrons. The number of benzene rings is 1. The van der Waals surface area contributed by atoms with Crippen LogP contribution in [0.15, 0.2) is 60.5 Å². The molecule has 0 N–H and O–H groups in total. The molecular formula is C15H19NO2S. The summed E-state index contributed by atoms with van der Waals surface area (Å²) in [5, 5.41) is 0. The molecule has 0 radical (unpaired) electrons. The summed E-state index contributed by atoms with van der Waals surface area (Å²) in [6.45, 7) is 13.3. The Bertz CT molecular complexity index is 571. The molecule has 19 heavy (non-hydrogen) atoms. The molecule has 1 aromatic carbocycles. The van der Waals surface area contributed by atoms with E-state index >= 15 is 0 Å². The van der Waals surface area contributed by atoms with Crippen LogP contribution in [0, 0.1) is 0 Å². The van der Waals surface area contributed by atoms with Crippen LogP contribution in [-0.2, 0) is 10.0 Å². The summed E-state index contributed by atoms with van der Waals surface area (Å²) in [6.07, 6.45) is 3.24. The van der Waals surface area contributed by atoms with Crippen LogP contribution in [0.4, 0.5) is 0 Å². The molecule has 0 spiro atoms. The number of nitrogens with zero attached hydrogens (tertiary/aromatic N) is 1. The number of rotatable bonds is 7. The highest BCUT2D eigenvalue weighted by atomic mass is 32.2. The van der Waals surface area contributed by atoms with Gasteiger partial charge in [0.1, 0.15) is 0 Å². The van der Waals surface area contributed by atoms with Gasteiger partial charge in [0.25, 0.3) is 0 Å². The maximum Gasteiger partial charge on any atom is 0.243 e. The third-order valence-electron chi connectivity index (χ3n) is 2.53. The monoisotopic (exact) mass is 277 g/mol. The molecule has 0 unspecified atom stereocenters. The Labute approximate surface area is 115 Å². The molecule has 0 aliphatic rings. The third kappa shape index (κ3) is 3.91. The van der Waals surface area contributed by atoms with Crippen molar-refractivity contribution >= 4 is 16.1 Å². The van der Waals surface area contributed by atoms with E-state index in [1.165, 1.54) is 4.31 Å². The normalized spacial score (nSPS) is 11.3. The quantitative estimate of drug-likeness (QED) is 0.718. The minimum absolute atomic E-state index is 0.262. The zero-order valence-corrected chi connectivity index (χ0v) is 12.0. The van der Waals surface area contributed by atoms with E-state index in [9.17, 15) is 8.42 Å². The van der Waals surface area contributed by atoms with Gasteiger partial charge in [-0.2, -0.15) is 4.31 Å². The van der Waals surface area contributed by atoms with Gasteiger partial charge in [-0.3, -0.25) is 0 Å². The molecule has 0 aromatic heterocycles. The second-order valence-electron chi connectivity index (χ2n) is 4.32. The Morgan fingerprint density at radius 1 is 1.26 bits per heavy atom. The Balaban J connectivity index is 3.13. The van der Waals surface area contributed by atoms with Crippen LogP contribution < -0.4 is 0 Å². The van der Waals surface area contributed by atoms with Gasteiger partial charge in [-0.1, -0.05) is 43.0 Å². The van der Waals surface area contributed by atoms with Crippen molar-refractivity contribution in [3.8, 4) is 0 Å². The lowest BCUT2D eigenvalue weighted by molar-refractivity contribution is 0.467. The fourth-order valence-corrected chi connectivity index (χ4v) is 3.09. The first-order chi connectivity index (χ1) is 8.91. The molecule has 1 rings (SSSR count). The maximum atomic E-state index is 12.5. The molecule has 0 aliphatic heterocycles. The molecular weight excluding hydrogens is 258 g/mol. The lowest BCUT2D eigenvalue weighted by atomic mass is 10.2. The Morgan fingerprint density at radius 2 is 1.84 bits per heavy atom. The molecule has 0 amide bonds. The summed E-state index contributed by atoms with van der Waals surface area (Å²) in [4.78, 5) is 0.265. The van der Waals surface area contributed by atoms with Crippen LogP contribution >= 0.6 is 0 Å². The zero-order chi connectivity index (χ0) is 14.5. The second-order valence-corrected chi connectivity index (χ2v) is 6.25. The Morgan fingerprint density at radius 3 is 2.26 bits per heavy atom. The van der Waals surface area contributed by atoms with Crippen LogP contribution in [0.3, 0.4) is 0 Å². The Kier molecular flexibility index (Phi) is 5.27. The van der Waals surface area contributed by atoms with E-state index in [0.717, 1.165) is 11.1 Å². The average Bonchev–Trinajstić information content (AvgIpc) is 2.38. The molecule has 0 aliphatic carbocycles. The van der Waals surface area contributed by atoms with Gasteiger partial charge in [-0.25, -0.2) is 8.42 Å². The summed E-state index contributed by atoms with van der Waals surface area (Å²) in [5.41, 5.74) is 1.67. The molecule has 0 atom stereocenters. The van der Waals surface area contributed by atoms with Gasteiger partial charge in [0.2, 0.25) is 10.0 Å². The first kappa shape index (κ1) is 15.4. The van der Waals surface area contributed by atoms with Crippen LogP contribution in [-0.4, -0.2) is 25.8 Å². The predicted octanol–water partition coefficient (Wildman–Crippen LogP) is 3.08. The van der Waals surface area contributed by atoms with Gasteiger partial charge >= 0.3 is 0 Å². The fraction of sp³-hybridized carbons (Fsp3) is 0.200. The maximum absolute atomic E-state index is 12.5. The van der Waals surface area contributed by atoms with Crippen molar-refractivity contribution in [3.05, 3.63) is 61.2 Å². The summed E-state index contributed by atoms with van der Waals surface area (Å²) >= 11 is 0. The van der Waals surface area contributed by atoms with E-state index in [-0.39, 0.29) is 18.0 Å². The molecule has 3 nitrogen and oxygen atoms in total. The first-order valence-corrected chi connectivity index (χ1v) is 7.33. The van der Waals surface area contributed by atoms with Crippen LogP contribution in [0.2, 0.25) is 0 Å². The average molecular weight is 277 g/mol. The summed E-state index contributed by atoms with van der Waals surface area (Å²) in [7, 11) is -3.52. The van der Waals surface area contributed by atoms with Crippen LogP contribution in [0.25, 0.3) is 6.08 Å². The summed E-state index contributed by atoms with van der Waals surface area (Å²) in [5.74, 6) is 0. The number of hydrogen-bond acceptors (Lipinski definition) is 2. The van der Waals surface area contributed by atoms with Crippen molar-refractivity contribution in [1.29, 1.82) is 0 Å². The van der Waals surface area contributed by atoms with E-state index in [0.29, 0.717) is 0 Å². The zero-order valence-electron chi connectivity index (χ0n) is 11.2. The van der Waals surface area contributed by atoms with Gasteiger partial charge in [0.05, 0.1) is 4.90 Å². The fourth-order valence-electron chi connectivity index (χ4n) is 1.62. The minimum Gasteiger partial charge on any atom is -0.207 e. The highest BCUT2D eigenvalue weighted by molar-refractivity contribution is 7.89. The highest BCUT2D eigenvalue weighted by Gasteiger charge is 2.22. The smallest absolute Gasteiger partial charge is 0.207 e. The lowest BCUT2D eigenvalue weighted by Crippen LogP contribution is -2.32. The van der Waals surface area contributed by atoms with Crippen LogP contribution in [0.5, 0.6) is 0 Å². The van der Waals surface area contributed by atoms with Crippen molar-refractivity contribution in [1.82, 2.24) is 4.31 Å². The van der Waals surface area contributed by atoms with E-state index in [4.69, 9.17) is 0 Å². The van der Waals surface area contributed by atoms with E-state index in [2.05, 4.69) is 19.7 Å². The SMILES string of the molecule is C=CCN(CC(=C)C)S(=O)(=O)c1ccc(C=C)cc1. The van der Waals surface area contributed by atoms with Crippen molar-refractivity contribution in [2.75, 3.05) is 13.1 Å². The van der Waals surface area contributed by atoms with Crippen LogP contribution in [0.1, 0.15) is 12.5 Å². The molecule has 0 fully saturated rings. The Hall–Kier alpha value is -1.65. The number of sulfonamides is 1. The van der Waals surface area contributed by atoms with Crippen molar-refractivity contribution < 1.29 is 8.42 Å². The topological polar surface area (TPSA) is 37.4 Å². The van der Waals surface area contributed by atoms with Crippen molar-refractivity contribution in [2.45, 2.75) is 11.8 Å². The molecule has 1 aromatic rings. The van der Waals surface area contributed by atoms with Gasteiger partial charge in [-0.05, 0) is 24.6 Å².